The summed E-state index contributed by atoms with van der Waals surface area (Å²) in [6.45, 7) is 20.8. The smallest absolute Gasteiger partial charge is 0.0943 e. The minimum atomic E-state index is 0. The average Bonchev–Trinajstić information content (AvgIpc) is 2.83. The maximum Gasteiger partial charge on any atom is 0.0943 e. The van der Waals surface area contributed by atoms with Crippen molar-refractivity contribution in [2.24, 2.45) is 27.6 Å². The molecular weight excluding hydrogens is 402 g/mol. The largest absolute Gasteiger partial charge is 0.387 e. The van der Waals surface area contributed by atoms with Crippen molar-refractivity contribution in [3.8, 4) is 0 Å². The molecule has 0 bridgehead atoms. The van der Waals surface area contributed by atoms with Gasteiger partial charge >= 0.3 is 0 Å². The van der Waals surface area contributed by atoms with E-state index in [2.05, 4.69) is 68.5 Å². The van der Waals surface area contributed by atoms with Gasteiger partial charge in [0.2, 0.25) is 0 Å². The molecule has 1 aromatic carbocycles. The first-order valence-electron chi connectivity index (χ1n) is 13.5. The third-order valence-electron chi connectivity index (χ3n) is 5.64. The van der Waals surface area contributed by atoms with Gasteiger partial charge in [-0.2, -0.15) is 0 Å². The summed E-state index contributed by atoms with van der Waals surface area (Å²) in [6, 6.07) is 8.41. The zero-order valence-corrected chi connectivity index (χ0v) is 23.3. The van der Waals surface area contributed by atoms with Crippen LogP contribution in [0.25, 0.3) is 0 Å². The Kier molecular flexibility index (Phi) is 23.5. The lowest BCUT2D eigenvalue weighted by Gasteiger charge is -2.28. The number of hydrogen-bond acceptors (Lipinski definition) is 2. The normalized spacial score (nSPS) is 17.9. The van der Waals surface area contributed by atoms with Crippen molar-refractivity contribution in [2.45, 2.75) is 120 Å². The summed E-state index contributed by atoms with van der Waals surface area (Å²) in [5.41, 5.74) is 9.97. The standard InChI is InChI=1S/C23H35N3.C3H8.2C2H6.H2/c1-4-25-19(3)9-7-10-20-12-14-21(15-13-20)16-23(24)26-17-22-11-6-5-8-18(22)2;1-3-2;2*1-2;/h4-6,8,11,20-21H,1,7,9-10,12-17H2,2-3H3,(H2,24,26);3H2,1-2H3;2*1-2H3;1H. The minimum Gasteiger partial charge on any atom is -0.387 e. The van der Waals surface area contributed by atoms with E-state index < -0.39 is 0 Å². The fourth-order valence-corrected chi connectivity index (χ4v) is 3.93. The van der Waals surface area contributed by atoms with Crippen molar-refractivity contribution in [1.29, 1.82) is 0 Å². The molecule has 1 saturated carbocycles. The van der Waals surface area contributed by atoms with E-state index >= 15 is 0 Å². The first kappa shape index (κ1) is 33.3. The number of aryl methyl sites for hydroxylation is 1. The molecule has 3 heteroatoms. The van der Waals surface area contributed by atoms with Crippen LogP contribution in [0.1, 0.15) is 119 Å². The number of nitrogens with two attached hydrogens (primary N) is 1. The molecule has 0 aromatic heterocycles. The molecule has 0 aliphatic heterocycles. The second kappa shape index (κ2) is 23.3. The van der Waals surface area contributed by atoms with Crippen molar-refractivity contribution in [1.82, 2.24) is 0 Å². The molecular formula is C30H57N3. The summed E-state index contributed by atoms with van der Waals surface area (Å²) < 4.78 is 0. The highest BCUT2D eigenvalue weighted by molar-refractivity contribution is 5.82. The highest BCUT2D eigenvalue weighted by Crippen LogP contribution is 2.33. The van der Waals surface area contributed by atoms with Gasteiger partial charge in [-0.25, -0.2) is 0 Å². The van der Waals surface area contributed by atoms with E-state index in [1.807, 2.05) is 27.7 Å². The highest BCUT2D eigenvalue weighted by Gasteiger charge is 2.21. The van der Waals surface area contributed by atoms with E-state index in [-0.39, 0.29) is 1.43 Å². The van der Waals surface area contributed by atoms with E-state index in [1.54, 1.807) is 6.20 Å². The van der Waals surface area contributed by atoms with Crippen LogP contribution >= 0.6 is 0 Å². The van der Waals surface area contributed by atoms with Gasteiger partial charge in [-0.05, 0) is 62.5 Å². The third kappa shape index (κ3) is 17.3. The van der Waals surface area contributed by atoms with E-state index in [4.69, 9.17) is 5.73 Å². The van der Waals surface area contributed by atoms with E-state index in [0.29, 0.717) is 6.54 Å². The molecule has 0 amide bonds. The molecule has 2 N–H and O–H groups in total. The summed E-state index contributed by atoms with van der Waals surface area (Å²) in [5, 5.41) is 0. The number of rotatable bonds is 9. The van der Waals surface area contributed by atoms with Gasteiger partial charge in [-0.3, -0.25) is 9.98 Å². The van der Waals surface area contributed by atoms with Crippen LogP contribution in [0.3, 0.4) is 0 Å². The Hall–Kier alpha value is -1.90. The van der Waals surface area contributed by atoms with Crippen molar-refractivity contribution < 1.29 is 1.43 Å². The number of nitrogens with zero attached hydrogens (tertiary/aromatic N) is 2. The second-order valence-corrected chi connectivity index (χ2v) is 8.47. The van der Waals surface area contributed by atoms with Gasteiger partial charge in [0.15, 0.2) is 0 Å². The van der Waals surface area contributed by atoms with E-state index in [1.165, 1.54) is 61.8 Å². The Morgan fingerprint density at radius 3 is 2.15 bits per heavy atom. The van der Waals surface area contributed by atoms with Crippen LogP contribution in [-0.4, -0.2) is 11.5 Å². The Morgan fingerprint density at radius 1 is 1.06 bits per heavy atom. The maximum atomic E-state index is 6.21. The molecule has 1 aromatic rings. The minimum absolute atomic E-state index is 0. The maximum absolute atomic E-state index is 6.21. The molecule has 1 fully saturated rings. The SMILES string of the molecule is C=CN=C(C)CCCC1CCC(CC(N)=NCc2ccccc2C)CC1.CC.CC.CCC.[HH]. The Labute approximate surface area is 208 Å². The lowest BCUT2D eigenvalue weighted by Crippen LogP contribution is -2.22. The molecule has 192 valence electrons. The molecule has 0 heterocycles. The Balaban J connectivity index is -0.00000109. The van der Waals surface area contributed by atoms with E-state index in [0.717, 1.165) is 30.5 Å². The number of amidine groups is 1. The predicted molar refractivity (Wildman–Crippen MR) is 155 cm³/mol. The van der Waals surface area contributed by atoms with Gasteiger partial charge in [0.25, 0.3) is 0 Å². The molecule has 1 aliphatic carbocycles. The summed E-state index contributed by atoms with van der Waals surface area (Å²) >= 11 is 0. The van der Waals surface area contributed by atoms with Crippen LogP contribution in [0.5, 0.6) is 0 Å². The van der Waals surface area contributed by atoms with Crippen molar-refractivity contribution in [3.63, 3.8) is 0 Å². The molecule has 0 unspecified atom stereocenters. The fraction of sp³-hybridized carbons (Fsp3) is 0.667. The van der Waals surface area contributed by atoms with Gasteiger partial charge in [0, 0.05) is 19.8 Å². The first-order chi connectivity index (χ1) is 16.0. The summed E-state index contributed by atoms with van der Waals surface area (Å²) in [6.07, 6.45) is 12.8. The quantitative estimate of drug-likeness (QED) is 0.290. The van der Waals surface area contributed by atoms with Crippen LogP contribution in [0.4, 0.5) is 0 Å². The number of aliphatic imine (C=N–C) groups is 2. The van der Waals surface area contributed by atoms with Crippen LogP contribution in [0.15, 0.2) is 47.0 Å². The van der Waals surface area contributed by atoms with Crippen LogP contribution < -0.4 is 5.73 Å². The number of hydrogen-bond donors (Lipinski definition) is 1. The Morgan fingerprint density at radius 2 is 1.61 bits per heavy atom. The molecule has 3 nitrogen and oxygen atoms in total. The number of benzene rings is 1. The topological polar surface area (TPSA) is 50.7 Å². The fourth-order valence-electron chi connectivity index (χ4n) is 3.93. The Bertz CT molecular complexity index is 644. The van der Waals surface area contributed by atoms with Crippen molar-refractivity contribution >= 4 is 11.5 Å². The second-order valence-electron chi connectivity index (χ2n) is 8.47. The first-order valence-corrected chi connectivity index (χ1v) is 13.5. The van der Waals surface area contributed by atoms with Gasteiger partial charge in [-0.1, -0.05) is 98.1 Å². The third-order valence-corrected chi connectivity index (χ3v) is 5.64. The lowest BCUT2D eigenvalue weighted by molar-refractivity contribution is 0.265. The molecule has 0 radical (unpaired) electrons. The van der Waals surface area contributed by atoms with Gasteiger partial charge in [0.1, 0.15) is 0 Å². The van der Waals surface area contributed by atoms with Crippen LogP contribution in [0, 0.1) is 18.8 Å². The lowest BCUT2D eigenvalue weighted by atomic mass is 9.78. The molecule has 2 rings (SSSR count). The summed E-state index contributed by atoms with van der Waals surface area (Å²) in [7, 11) is 0. The molecule has 33 heavy (non-hydrogen) atoms. The summed E-state index contributed by atoms with van der Waals surface area (Å²) in [5.74, 6) is 2.43. The van der Waals surface area contributed by atoms with Crippen molar-refractivity contribution in [2.75, 3.05) is 0 Å². The molecule has 1 aliphatic rings. The molecule has 0 atom stereocenters. The van der Waals surface area contributed by atoms with Crippen LogP contribution in [0.2, 0.25) is 0 Å². The highest BCUT2D eigenvalue weighted by atomic mass is 14.8. The predicted octanol–water partition coefficient (Wildman–Crippen LogP) is 9.54. The van der Waals surface area contributed by atoms with Gasteiger partial charge in [-0.15, -0.1) is 0 Å². The van der Waals surface area contributed by atoms with Crippen molar-refractivity contribution in [3.05, 3.63) is 48.2 Å². The average molecular weight is 460 g/mol. The zero-order valence-electron chi connectivity index (χ0n) is 23.3. The molecule has 0 saturated heterocycles. The van der Waals surface area contributed by atoms with Crippen LogP contribution in [-0.2, 0) is 6.54 Å². The summed E-state index contributed by atoms with van der Waals surface area (Å²) in [4.78, 5) is 8.88. The van der Waals surface area contributed by atoms with E-state index in [9.17, 15) is 0 Å². The van der Waals surface area contributed by atoms with Gasteiger partial charge < -0.3 is 5.73 Å². The van der Waals surface area contributed by atoms with Gasteiger partial charge in [0.05, 0.1) is 12.4 Å². The zero-order chi connectivity index (χ0) is 25.5. The molecule has 0 spiro atoms. The monoisotopic (exact) mass is 459 g/mol.